The molecule has 0 radical (unpaired) electrons. The lowest BCUT2D eigenvalue weighted by Crippen LogP contribution is -2.25. The number of hydrogen-bond acceptors (Lipinski definition) is 6. The Morgan fingerprint density at radius 1 is 1.17 bits per heavy atom. The van der Waals surface area contributed by atoms with Crippen molar-refractivity contribution in [1.29, 1.82) is 0 Å². The molecule has 0 bridgehead atoms. The van der Waals surface area contributed by atoms with Gasteiger partial charge in [0, 0.05) is 29.3 Å². The maximum atomic E-state index is 14.3. The Morgan fingerprint density at radius 3 is 2.89 bits per heavy atom. The summed E-state index contributed by atoms with van der Waals surface area (Å²) in [6.07, 6.45) is 1.69. The molecule has 182 valence electrons. The van der Waals surface area contributed by atoms with E-state index < -0.39 is 12.0 Å². The van der Waals surface area contributed by atoms with Crippen LogP contribution in [0.1, 0.15) is 45.3 Å². The molecule has 3 aromatic rings. The van der Waals surface area contributed by atoms with Crippen LogP contribution in [0, 0.1) is 12.7 Å². The first kappa shape index (κ1) is 22.7. The molecule has 0 saturated carbocycles. The molecule has 3 aromatic carbocycles. The van der Waals surface area contributed by atoms with E-state index in [1.165, 1.54) is 24.1 Å². The molecule has 0 spiro atoms. The third-order valence-corrected chi connectivity index (χ3v) is 7.48. The Hall–Kier alpha value is -3.78. The van der Waals surface area contributed by atoms with Gasteiger partial charge in [0.25, 0.3) is 0 Å². The van der Waals surface area contributed by atoms with Crippen molar-refractivity contribution in [2.45, 2.75) is 24.6 Å². The van der Waals surface area contributed by atoms with Crippen LogP contribution >= 0.6 is 11.9 Å². The second-order valence-corrected chi connectivity index (χ2v) is 9.75. The van der Waals surface area contributed by atoms with Gasteiger partial charge in [0.1, 0.15) is 19.0 Å². The molecule has 8 heteroatoms. The van der Waals surface area contributed by atoms with Crippen LogP contribution in [0.15, 0.2) is 59.5 Å². The summed E-state index contributed by atoms with van der Waals surface area (Å²) in [4.78, 5) is 13.7. The van der Waals surface area contributed by atoms with E-state index in [2.05, 4.69) is 21.6 Å². The molecule has 1 amide bonds. The Kier molecular flexibility index (Phi) is 5.68. The van der Waals surface area contributed by atoms with Gasteiger partial charge >= 0.3 is 0 Å². The summed E-state index contributed by atoms with van der Waals surface area (Å²) >= 11 is 1.42. The average Bonchev–Trinajstić information content (AvgIpc) is 3.08. The fourth-order valence-electron chi connectivity index (χ4n) is 5.06. The molecule has 36 heavy (non-hydrogen) atoms. The number of carbonyl (C=O) groups is 1. The van der Waals surface area contributed by atoms with E-state index in [0.29, 0.717) is 41.9 Å². The lowest BCUT2D eigenvalue weighted by atomic mass is 9.91. The number of amides is 1. The number of hydrogen-bond donors (Lipinski definition) is 2. The molecule has 1 unspecified atom stereocenters. The minimum absolute atomic E-state index is 0.209. The lowest BCUT2D eigenvalue weighted by Gasteiger charge is -2.25. The zero-order chi connectivity index (χ0) is 24.8. The van der Waals surface area contributed by atoms with E-state index in [9.17, 15) is 9.18 Å². The number of benzene rings is 3. The van der Waals surface area contributed by atoms with Crippen molar-refractivity contribution in [3.63, 3.8) is 0 Å². The summed E-state index contributed by atoms with van der Waals surface area (Å²) in [6.45, 7) is 6.96. The van der Waals surface area contributed by atoms with Crippen LogP contribution in [0.4, 0.5) is 10.1 Å². The molecule has 0 saturated heterocycles. The van der Waals surface area contributed by atoms with Gasteiger partial charge in [-0.2, -0.15) is 0 Å². The number of rotatable bonds is 3. The molecule has 0 fully saturated rings. The standard InChI is InChI=1S/C28H24FN3O3S/c1-15-7-8-18(29)11-20(15)26-25-22(12-23-27(35-10-9-34-23)24(25)16(2)31-26)32-28(33)21-13-30-36-14-17-5-3-4-6-19(17)21/h3-8,11-13,21,26,31H,2,9-10,14H2,1H3,(H,32,33)/t21?,26-/m0/s1. The van der Waals surface area contributed by atoms with Gasteiger partial charge in [0.2, 0.25) is 5.91 Å². The van der Waals surface area contributed by atoms with E-state index in [-0.39, 0.29) is 11.7 Å². The first-order valence-electron chi connectivity index (χ1n) is 11.7. The highest BCUT2D eigenvalue weighted by Crippen LogP contribution is 2.51. The van der Waals surface area contributed by atoms with Crippen molar-refractivity contribution in [2.24, 2.45) is 4.40 Å². The van der Waals surface area contributed by atoms with Gasteiger partial charge in [-0.05, 0) is 53.3 Å². The van der Waals surface area contributed by atoms with Crippen molar-refractivity contribution in [3.05, 3.63) is 94.3 Å². The number of ether oxygens (including phenoxy) is 2. The van der Waals surface area contributed by atoms with Crippen molar-refractivity contribution >= 4 is 35.5 Å². The Bertz CT molecular complexity index is 1440. The number of nitrogens with zero attached hydrogens (tertiary/aromatic N) is 1. The summed E-state index contributed by atoms with van der Waals surface area (Å²) in [5, 5.41) is 6.53. The average molecular weight is 502 g/mol. The first-order chi connectivity index (χ1) is 17.5. The molecule has 3 aliphatic heterocycles. The molecule has 0 aromatic heterocycles. The van der Waals surface area contributed by atoms with Gasteiger partial charge in [-0.1, -0.05) is 36.9 Å². The Balaban J connectivity index is 1.47. The zero-order valence-corrected chi connectivity index (χ0v) is 20.5. The number of nitrogens with one attached hydrogen (secondary N) is 2. The summed E-state index contributed by atoms with van der Waals surface area (Å²) in [5.41, 5.74) is 6.41. The molecule has 6 nitrogen and oxygen atoms in total. The maximum Gasteiger partial charge on any atom is 0.237 e. The highest BCUT2D eigenvalue weighted by atomic mass is 32.2. The van der Waals surface area contributed by atoms with Crippen molar-refractivity contribution in [3.8, 4) is 11.5 Å². The van der Waals surface area contributed by atoms with Crippen molar-refractivity contribution in [2.75, 3.05) is 18.5 Å². The van der Waals surface area contributed by atoms with E-state index in [1.807, 2.05) is 31.2 Å². The number of fused-ring (bicyclic) bond motifs is 4. The molecular formula is C28H24FN3O3S. The highest BCUT2D eigenvalue weighted by molar-refractivity contribution is 7.97. The van der Waals surface area contributed by atoms with Crippen LogP contribution in [0.25, 0.3) is 5.70 Å². The summed E-state index contributed by atoms with van der Waals surface area (Å²) in [6, 6.07) is 14.0. The van der Waals surface area contributed by atoms with Crippen LogP contribution in [-0.4, -0.2) is 25.3 Å². The largest absolute Gasteiger partial charge is 0.486 e. The van der Waals surface area contributed by atoms with Crippen LogP contribution in [0.2, 0.25) is 0 Å². The Morgan fingerprint density at radius 2 is 2.00 bits per heavy atom. The van der Waals surface area contributed by atoms with Crippen LogP contribution in [-0.2, 0) is 10.5 Å². The van der Waals surface area contributed by atoms with E-state index in [4.69, 9.17) is 9.47 Å². The normalized spacial score (nSPS) is 19.7. The molecule has 2 N–H and O–H groups in total. The molecular weight excluding hydrogens is 477 g/mol. The maximum absolute atomic E-state index is 14.3. The summed E-state index contributed by atoms with van der Waals surface area (Å²) < 4.78 is 30.6. The topological polar surface area (TPSA) is 72.0 Å². The van der Waals surface area contributed by atoms with Crippen LogP contribution < -0.4 is 20.1 Å². The summed E-state index contributed by atoms with van der Waals surface area (Å²) in [7, 11) is 0. The highest BCUT2D eigenvalue weighted by Gasteiger charge is 2.37. The Labute approximate surface area is 212 Å². The molecule has 3 aliphatic rings. The molecule has 2 atom stereocenters. The zero-order valence-electron chi connectivity index (χ0n) is 19.6. The lowest BCUT2D eigenvalue weighted by molar-refractivity contribution is -0.116. The van der Waals surface area contributed by atoms with E-state index in [1.54, 1.807) is 18.3 Å². The van der Waals surface area contributed by atoms with Crippen LogP contribution in [0.5, 0.6) is 11.5 Å². The van der Waals surface area contributed by atoms with Gasteiger partial charge in [-0.15, -0.1) is 0 Å². The smallest absolute Gasteiger partial charge is 0.237 e. The van der Waals surface area contributed by atoms with E-state index >= 15 is 0 Å². The predicted octanol–water partition coefficient (Wildman–Crippen LogP) is 5.52. The third-order valence-electron chi connectivity index (χ3n) is 6.77. The van der Waals surface area contributed by atoms with Gasteiger partial charge in [0.15, 0.2) is 11.5 Å². The van der Waals surface area contributed by atoms with Gasteiger partial charge < -0.3 is 20.1 Å². The number of carbonyl (C=O) groups excluding carboxylic acids is 1. The van der Waals surface area contributed by atoms with Gasteiger partial charge in [-0.3, -0.25) is 4.79 Å². The fourth-order valence-corrected chi connectivity index (χ4v) is 5.74. The minimum Gasteiger partial charge on any atom is -0.486 e. The van der Waals surface area contributed by atoms with Crippen LogP contribution in [0.3, 0.4) is 0 Å². The quantitative estimate of drug-likeness (QED) is 0.462. The second-order valence-electron chi connectivity index (χ2n) is 8.99. The minimum atomic E-state index is -0.549. The number of anilines is 1. The van der Waals surface area contributed by atoms with Gasteiger partial charge in [-0.25, -0.2) is 8.79 Å². The molecule has 0 aliphatic carbocycles. The second kappa shape index (κ2) is 9.02. The van der Waals surface area contributed by atoms with Crippen molar-refractivity contribution < 1.29 is 18.7 Å². The number of aryl methyl sites for hydroxylation is 1. The molecule has 3 heterocycles. The van der Waals surface area contributed by atoms with Crippen molar-refractivity contribution in [1.82, 2.24) is 5.32 Å². The number of halogens is 1. The van der Waals surface area contributed by atoms with Gasteiger partial charge in [0.05, 0.1) is 23.2 Å². The third kappa shape index (κ3) is 3.82. The SMILES string of the molecule is C=C1N[C@@H](c2cc(F)ccc2C)c2c(NC(=O)C3C=NSCc4ccccc43)cc3c(c21)OCCO3. The fraction of sp³-hybridized carbons (Fsp3) is 0.214. The van der Waals surface area contributed by atoms with E-state index in [0.717, 1.165) is 33.4 Å². The summed E-state index contributed by atoms with van der Waals surface area (Å²) in [5.74, 6) is 0.747. The first-order valence-corrected chi connectivity index (χ1v) is 12.7. The predicted molar refractivity (Wildman–Crippen MR) is 140 cm³/mol. The molecule has 6 rings (SSSR count). The monoisotopic (exact) mass is 501 g/mol.